The Balaban J connectivity index is 0.000000442. The number of ether oxygens (including phenoxy) is 1. The SMILES string of the molecule is CC.CC.CCc1cccc2c1CCO2. The summed E-state index contributed by atoms with van der Waals surface area (Å²) >= 11 is 0. The van der Waals surface area contributed by atoms with Crippen molar-refractivity contribution in [3.63, 3.8) is 0 Å². The summed E-state index contributed by atoms with van der Waals surface area (Å²) in [6, 6.07) is 6.32. The van der Waals surface area contributed by atoms with Crippen molar-refractivity contribution in [3.8, 4) is 5.75 Å². The first-order valence-corrected chi connectivity index (χ1v) is 6.15. The molecule has 1 aliphatic heterocycles. The minimum Gasteiger partial charge on any atom is -0.493 e. The molecule has 0 radical (unpaired) electrons. The van der Waals surface area contributed by atoms with Crippen molar-refractivity contribution < 1.29 is 4.74 Å². The monoisotopic (exact) mass is 208 g/mol. The van der Waals surface area contributed by atoms with Crippen LogP contribution in [0.25, 0.3) is 0 Å². The zero-order valence-corrected chi connectivity index (χ0v) is 10.8. The standard InChI is InChI=1S/C10H12O.2C2H6/c1-2-8-4-3-5-10-9(8)6-7-11-10;2*1-2/h3-5H,2,6-7H2,1H3;2*1-2H3. The van der Waals surface area contributed by atoms with Crippen LogP contribution < -0.4 is 4.74 Å². The highest BCUT2D eigenvalue weighted by atomic mass is 16.5. The Morgan fingerprint density at radius 1 is 1.13 bits per heavy atom. The molecule has 0 aliphatic carbocycles. The first-order valence-electron chi connectivity index (χ1n) is 6.15. The summed E-state index contributed by atoms with van der Waals surface area (Å²) in [6.45, 7) is 11.1. The Morgan fingerprint density at radius 2 is 1.80 bits per heavy atom. The van der Waals surface area contributed by atoms with Gasteiger partial charge in [0.25, 0.3) is 0 Å². The zero-order valence-electron chi connectivity index (χ0n) is 10.8. The lowest BCUT2D eigenvalue weighted by molar-refractivity contribution is 0.357. The fourth-order valence-electron chi connectivity index (χ4n) is 1.62. The zero-order chi connectivity index (χ0) is 11.7. The molecule has 86 valence electrons. The lowest BCUT2D eigenvalue weighted by Gasteiger charge is -2.02. The third-order valence-corrected chi connectivity index (χ3v) is 2.22. The molecule has 0 unspecified atom stereocenters. The van der Waals surface area contributed by atoms with Gasteiger partial charge in [0, 0.05) is 12.0 Å². The molecule has 1 aromatic rings. The summed E-state index contributed by atoms with van der Waals surface area (Å²) < 4.78 is 5.44. The molecule has 0 atom stereocenters. The molecule has 1 aliphatic rings. The second-order valence-electron chi connectivity index (χ2n) is 2.85. The van der Waals surface area contributed by atoms with Crippen LogP contribution in [0.2, 0.25) is 0 Å². The van der Waals surface area contributed by atoms with E-state index in [0.29, 0.717) is 0 Å². The van der Waals surface area contributed by atoms with E-state index in [-0.39, 0.29) is 0 Å². The van der Waals surface area contributed by atoms with E-state index in [0.717, 1.165) is 25.2 Å². The Morgan fingerprint density at radius 3 is 2.40 bits per heavy atom. The predicted octanol–water partition coefficient (Wildman–Crippen LogP) is 4.24. The third-order valence-electron chi connectivity index (χ3n) is 2.22. The van der Waals surface area contributed by atoms with Gasteiger partial charge in [-0.05, 0) is 18.1 Å². The molecule has 0 aromatic heterocycles. The highest BCUT2D eigenvalue weighted by Crippen LogP contribution is 2.27. The van der Waals surface area contributed by atoms with Crippen molar-refractivity contribution in [1.29, 1.82) is 0 Å². The maximum absolute atomic E-state index is 5.44. The van der Waals surface area contributed by atoms with Crippen molar-refractivity contribution in [1.82, 2.24) is 0 Å². The van der Waals surface area contributed by atoms with E-state index in [2.05, 4.69) is 25.1 Å². The van der Waals surface area contributed by atoms with Crippen molar-refractivity contribution in [3.05, 3.63) is 29.3 Å². The quantitative estimate of drug-likeness (QED) is 0.671. The van der Waals surface area contributed by atoms with E-state index in [1.807, 2.05) is 27.7 Å². The van der Waals surface area contributed by atoms with Crippen LogP contribution in [0.15, 0.2) is 18.2 Å². The maximum atomic E-state index is 5.44. The van der Waals surface area contributed by atoms with Gasteiger partial charge in [-0.3, -0.25) is 0 Å². The number of rotatable bonds is 1. The molecular formula is C14H24O. The van der Waals surface area contributed by atoms with Gasteiger partial charge in [0.05, 0.1) is 6.61 Å². The van der Waals surface area contributed by atoms with Gasteiger partial charge in [0.1, 0.15) is 5.75 Å². The Labute approximate surface area is 94.5 Å². The molecule has 1 nitrogen and oxygen atoms in total. The van der Waals surface area contributed by atoms with Gasteiger partial charge >= 0.3 is 0 Å². The average molecular weight is 208 g/mol. The Bertz CT molecular complexity index is 266. The number of hydrogen-bond donors (Lipinski definition) is 0. The van der Waals surface area contributed by atoms with Crippen LogP contribution in [0.1, 0.15) is 45.7 Å². The summed E-state index contributed by atoms with van der Waals surface area (Å²) in [6.07, 6.45) is 2.21. The van der Waals surface area contributed by atoms with Crippen LogP contribution in [0.3, 0.4) is 0 Å². The van der Waals surface area contributed by atoms with E-state index >= 15 is 0 Å². The highest BCUT2D eigenvalue weighted by molar-refractivity contribution is 5.42. The van der Waals surface area contributed by atoms with Crippen LogP contribution in [0, 0.1) is 0 Å². The third kappa shape index (κ3) is 3.58. The predicted molar refractivity (Wildman–Crippen MR) is 67.7 cm³/mol. The lowest BCUT2D eigenvalue weighted by atomic mass is 10.0. The van der Waals surface area contributed by atoms with Crippen LogP contribution in [-0.2, 0) is 12.8 Å². The van der Waals surface area contributed by atoms with Crippen molar-refractivity contribution in [2.45, 2.75) is 47.5 Å². The largest absolute Gasteiger partial charge is 0.493 e. The molecule has 0 bridgehead atoms. The number of fused-ring (bicyclic) bond motifs is 1. The topological polar surface area (TPSA) is 9.23 Å². The second kappa shape index (κ2) is 8.34. The van der Waals surface area contributed by atoms with E-state index in [1.54, 1.807) is 0 Å². The van der Waals surface area contributed by atoms with Crippen LogP contribution in [0.5, 0.6) is 5.75 Å². The average Bonchev–Trinajstić information content (AvgIpc) is 2.82. The number of aryl methyl sites for hydroxylation is 1. The van der Waals surface area contributed by atoms with Crippen LogP contribution >= 0.6 is 0 Å². The first kappa shape index (κ1) is 14.0. The van der Waals surface area contributed by atoms with Gasteiger partial charge in [-0.15, -0.1) is 0 Å². The minimum atomic E-state index is 0.867. The van der Waals surface area contributed by atoms with E-state index < -0.39 is 0 Å². The lowest BCUT2D eigenvalue weighted by Crippen LogP contribution is -1.88. The van der Waals surface area contributed by atoms with Gasteiger partial charge in [0.15, 0.2) is 0 Å². The smallest absolute Gasteiger partial charge is 0.122 e. The summed E-state index contributed by atoms with van der Waals surface area (Å²) in [7, 11) is 0. The van der Waals surface area contributed by atoms with Crippen molar-refractivity contribution >= 4 is 0 Å². The molecule has 1 heteroatoms. The first-order chi connectivity index (χ1) is 7.42. The van der Waals surface area contributed by atoms with Crippen molar-refractivity contribution in [2.24, 2.45) is 0 Å². The second-order valence-corrected chi connectivity index (χ2v) is 2.85. The Kier molecular flexibility index (Phi) is 7.79. The van der Waals surface area contributed by atoms with Gasteiger partial charge in [0.2, 0.25) is 0 Å². The molecule has 15 heavy (non-hydrogen) atoms. The van der Waals surface area contributed by atoms with Gasteiger partial charge < -0.3 is 4.74 Å². The molecule has 0 N–H and O–H groups in total. The van der Waals surface area contributed by atoms with Crippen molar-refractivity contribution in [2.75, 3.05) is 6.61 Å². The van der Waals surface area contributed by atoms with E-state index in [1.165, 1.54) is 11.1 Å². The maximum Gasteiger partial charge on any atom is 0.122 e. The van der Waals surface area contributed by atoms with Crippen LogP contribution in [0.4, 0.5) is 0 Å². The van der Waals surface area contributed by atoms with Crippen LogP contribution in [-0.4, -0.2) is 6.61 Å². The molecule has 0 spiro atoms. The molecule has 2 rings (SSSR count). The fraction of sp³-hybridized carbons (Fsp3) is 0.571. The molecule has 0 amide bonds. The molecule has 0 saturated heterocycles. The summed E-state index contributed by atoms with van der Waals surface area (Å²) in [5.74, 6) is 1.10. The van der Waals surface area contributed by atoms with Gasteiger partial charge in [-0.2, -0.15) is 0 Å². The summed E-state index contributed by atoms with van der Waals surface area (Å²) in [4.78, 5) is 0. The minimum absolute atomic E-state index is 0.867. The number of benzene rings is 1. The normalized spacial score (nSPS) is 11.3. The summed E-state index contributed by atoms with van der Waals surface area (Å²) in [5, 5.41) is 0. The highest BCUT2D eigenvalue weighted by Gasteiger charge is 2.13. The number of hydrogen-bond acceptors (Lipinski definition) is 1. The molecule has 1 heterocycles. The molecule has 0 saturated carbocycles. The van der Waals surface area contributed by atoms with Gasteiger partial charge in [-0.1, -0.05) is 46.8 Å². The Hall–Kier alpha value is -0.980. The summed E-state index contributed by atoms with van der Waals surface area (Å²) in [5.41, 5.74) is 2.87. The van der Waals surface area contributed by atoms with Gasteiger partial charge in [-0.25, -0.2) is 0 Å². The fourth-order valence-corrected chi connectivity index (χ4v) is 1.62. The molecule has 0 fully saturated rings. The molecular weight excluding hydrogens is 184 g/mol. The van der Waals surface area contributed by atoms with E-state index in [4.69, 9.17) is 4.74 Å². The molecule has 1 aromatic carbocycles. The van der Waals surface area contributed by atoms with E-state index in [9.17, 15) is 0 Å².